The summed E-state index contributed by atoms with van der Waals surface area (Å²) in [5, 5.41) is 13.7. The summed E-state index contributed by atoms with van der Waals surface area (Å²) >= 11 is 0. The van der Waals surface area contributed by atoms with Crippen LogP contribution in [0.4, 0.5) is 11.5 Å². The summed E-state index contributed by atoms with van der Waals surface area (Å²) in [5.41, 5.74) is 2.77. The second-order valence-electron chi connectivity index (χ2n) is 5.85. The lowest BCUT2D eigenvalue weighted by Crippen LogP contribution is -1.97. The highest BCUT2D eigenvalue weighted by Gasteiger charge is 2.05. The zero-order valence-corrected chi connectivity index (χ0v) is 15.2. The Morgan fingerprint density at radius 3 is 2.44 bits per heavy atom. The van der Waals surface area contributed by atoms with Crippen LogP contribution < -0.4 is 10.1 Å². The molecule has 1 aromatic heterocycles. The minimum atomic E-state index is 0. The number of halogens is 1. The fraction of sp³-hybridized carbons (Fsp3) is 0.0476. The van der Waals surface area contributed by atoms with Crippen LogP contribution in [0.15, 0.2) is 79.1 Å². The van der Waals surface area contributed by atoms with Gasteiger partial charge in [-0.05, 0) is 48.0 Å². The zero-order valence-electron chi connectivity index (χ0n) is 14.4. The van der Waals surface area contributed by atoms with Gasteiger partial charge in [-0.15, -0.1) is 12.4 Å². The first-order valence-electron chi connectivity index (χ1n) is 8.25. The first-order valence-corrected chi connectivity index (χ1v) is 8.25. The standard InChI is InChI=1S/C21H17N3O2.ClH/c25-17-8-11-20-19(12-17)21(23-14-22-20)24-16-6-9-18(10-7-16)26-13-15-4-2-1-3-5-15;/h1-12,14,25H,13H2,(H,22,23,24);1H. The molecule has 27 heavy (non-hydrogen) atoms. The van der Waals surface area contributed by atoms with Crippen molar-refractivity contribution in [3.63, 3.8) is 0 Å². The Morgan fingerprint density at radius 1 is 0.889 bits per heavy atom. The highest BCUT2D eigenvalue weighted by Crippen LogP contribution is 2.27. The zero-order chi connectivity index (χ0) is 17.8. The molecule has 0 spiro atoms. The summed E-state index contributed by atoms with van der Waals surface area (Å²) < 4.78 is 5.80. The molecule has 0 fully saturated rings. The highest BCUT2D eigenvalue weighted by atomic mass is 35.5. The van der Waals surface area contributed by atoms with Crippen LogP contribution in [0.25, 0.3) is 10.9 Å². The second kappa shape index (κ2) is 8.38. The van der Waals surface area contributed by atoms with E-state index < -0.39 is 0 Å². The molecule has 4 aromatic rings. The van der Waals surface area contributed by atoms with Gasteiger partial charge in [-0.2, -0.15) is 0 Å². The average molecular weight is 380 g/mol. The van der Waals surface area contributed by atoms with Crippen LogP contribution in [0.2, 0.25) is 0 Å². The van der Waals surface area contributed by atoms with Gasteiger partial charge in [0.15, 0.2) is 0 Å². The van der Waals surface area contributed by atoms with Crippen molar-refractivity contribution < 1.29 is 9.84 Å². The lowest BCUT2D eigenvalue weighted by Gasteiger charge is -2.10. The number of aromatic nitrogens is 2. The number of phenols is 1. The maximum absolute atomic E-state index is 9.71. The van der Waals surface area contributed by atoms with Gasteiger partial charge in [0.1, 0.15) is 30.3 Å². The molecule has 0 amide bonds. The van der Waals surface area contributed by atoms with Crippen molar-refractivity contribution in [2.75, 3.05) is 5.32 Å². The molecule has 1 heterocycles. The predicted octanol–water partition coefficient (Wildman–Crippen LogP) is 5.08. The topological polar surface area (TPSA) is 67.3 Å². The molecule has 0 aliphatic heterocycles. The third kappa shape index (κ3) is 4.46. The van der Waals surface area contributed by atoms with Gasteiger partial charge in [0.05, 0.1) is 5.52 Å². The Hall–Kier alpha value is -3.31. The molecule has 3 aromatic carbocycles. The summed E-state index contributed by atoms with van der Waals surface area (Å²) in [6.45, 7) is 0.531. The van der Waals surface area contributed by atoms with Crippen molar-refractivity contribution in [3.8, 4) is 11.5 Å². The largest absolute Gasteiger partial charge is 0.508 e. The fourth-order valence-electron chi connectivity index (χ4n) is 2.66. The summed E-state index contributed by atoms with van der Waals surface area (Å²) in [6.07, 6.45) is 1.50. The van der Waals surface area contributed by atoms with Gasteiger partial charge < -0.3 is 15.2 Å². The molecular weight excluding hydrogens is 362 g/mol. The molecule has 0 atom stereocenters. The monoisotopic (exact) mass is 379 g/mol. The van der Waals surface area contributed by atoms with Crippen LogP contribution >= 0.6 is 12.4 Å². The maximum atomic E-state index is 9.71. The molecular formula is C21H18ClN3O2. The predicted molar refractivity (Wildman–Crippen MR) is 109 cm³/mol. The molecule has 0 bridgehead atoms. The lowest BCUT2D eigenvalue weighted by atomic mass is 10.2. The lowest BCUT2D eigenvalue weighted by molar-refractivity contribution is 0.306. The summed E-state index contributed by atoms with van der Waals surface area (Å²) in [4.78, 5) is 8.49. The Kier molecular flexibility index (Phi) is 5.74. The van der Waals surface area contributed by atoms with E-state index >= 15 is 0 Å². The quantitative estimate of drug-likeness (QED) is 0.506. The van der Waals surface area contributed by atoms with Gasteiger partial charge in [0, 0.05) is 11.1 Å². The number of benzene rings is 3. The Labute approximate surface area is 163 Å². The van der Waals surface area contributed by atoms with Crippen molar-refractivity contribution >= 4 is 34.8 Å². The van der Waals surface area contributed by atoms with Crippen LogP contribution in [0.1, 0.15) is 5.56 Å². The first-order chi connectivity index (χ1) is 12.8. The van der Waals surface area contributed by atoms with Crippen molar-refractivity contribution in [1.29, 1.82) is 0 Å². The van der Waals surface area contributed by atoms with Gasteiger partial charge in [0.25, 0.3) is 0 Å². The number of rotatable bonds is 5. The number of hydrogen-bond donors (Lipinski definition) is 2. The number of phenolic OH excluding ortho intramolecular Hbond substituents is 1. The summed E-state index contributed by atoms with van der Waals surface area (Å²) in [5.74, 6) is 1.62. The van der Waals surface area contributed by atoms with E-state index in [9.17, 15) is 5.11 Å². The van der Waals surface area contributed by atoms with Crippen molar-refractivity contribution in [2.24, 2.45) is 0 Å². The normalized spacial score (nSPS) is 10.2. The van der Waals surface area contributed by atoms with E-state index in [2.05, 4.69) is 15.3 Å². The van der Waals surface area contributed by atoms with E-state index in [-0.39, 0.29) is 18.2 Å². The number of nitrogens with one attached hydrogen (secondary N) is 1. The number of anilines is 2. The van der Waals surface area contributed by atoms with Crippen LogP contribution in [-0.4, -0.2) is 15.1 Å². The van der Waals surface area contributed by atoms with E-state index in [1.807, 2.05) is 54.6 Å². The molecule has 6 heteroatoms. The Morgan fingerprint density at radius 2 is 1.67 bits per heavy atom. The number of nitrogens with zero attached hydrogens (tertiary/aromatic N) is 2. The van der Waals surface area contributed by atoms with Crippen molar-refractivity contribution in [1.82, 2.24) is 9.97 Å². The van der Waals surface area contributed by atoms with Crippen LogP contribution in [0, 0.1) is 0 Å². The Bertz CT molecular complexity index is 1020. The molecule has 0 saturated carbocycles. The molecule has 136 valence electrons. The number of ether oxygens (including phenoxy) is 1. The van der Waals surface area contributed by atoms with Gasteiger partial charge in [0.2, 0.25) is 0 Å². The molecule has 4 rings (SSSR count). The van der Waals surface area contributed by atoms with Crippen LogP contribution in [-0.2, 0) is 6.61 Å². The van der Waals surface area contributed by atoms with E-state index in [0.29, 0.717) is 12.4 Å². The van der Waals surface area contributed by atoms with Crippen LogP contribution in [0.5, 0.6) is 11.5 Å². The van der Waals surface area contributed by atoms with Crippen molar-refractivity contribution in [2.45, 2.75) is 6.61 Å². The van der Waals surface area contributed by atoms with Crippen LogP contribution in [0.3, 0.4) is 0 Å². The van der Waals surface area contributed by atoms with Gasteiger partial charge in [-0.1, -0.05) is 30.3 Å². The molecule has 0 radical (unpaired) electrons. The maximum Gasteiger partial charge on any atom is 0.141 e. The minimum absolute atomic E-state index is 0. The Balaban J connectivity index is 0.00000210. The van der Waals surface area contributed by atoms with Gasteiger partial charge in [-0.3, -0.25) is 0 Å². The first kappa shape index (κ1) is 18.5. The molecule has 0 unspecified atom stereocenters. The number of fused-ring (bicyclic) bond motifs is 1. The van der Waals surface area contributed by atoms with Crippen molar-refractivity contribution in [3.05, 3.63) is 84.7 Å². The molecule has 0 aliphatic rings. The van der Waals surface area contributed by atoms with E-state index in [0.717, 1.165) is 27.9 Å². The average Bonchev–Trinajstić information content (AvgIpc) is 2.69. The molecule has 5 nitrogen and oxygen atoms in total. The molecule has 0 aliphatic carbocycles. The minimum Gasteiger partial charge on any atom is -0.508 e. The SMILES string of the molecule is Cl.Oc1ccc2ncnc(Nc3ccc(OCc4ccccc4)cc3)c2c1. The smallest absolute Gasteiger partial charge is 0.141 e. The second-order valence-corrected chi connectivity index (χ2v) is 5.85. The fourth-order valence-corrected chi connectivity index (χ4v) is 2.66. The third-order valence-electron chi connectivity index (χ3n) is 3.98. The van der Waals surface area contributed by atoms with Gasteiger partial charge in [-0.25, -0.2) is 9.97 Å². The molecule has 0 saturated heterocycles. The van der Waals surface area contributed by atoms with E-state index in [4.69, 9.17) is 4.74 Å². The van der Waals surface area contributed by atoms with Gasteiger partial charge >= 0.3 is 0 Å². The molecule has 2 N–H and O–H groups in total. The number of hydrogen-bond acceptors (Lipinski definition) is 5. The highest BCUT2D eigenvalue weighted by molar-refractivity contribution is 5.91. The van der Waals surface area contributed by atoms with E-state index in [1.165, 1.54) is 6.33 Å². The van der Waals surface area contributed by atoms with E-state index in [1.54, 1.807) is 18.2 Å². The summed E-state index contributed by atoms with van der Waals surface area (Å²) in [7, 11) is 0. The summed E-state index contributed by atoms with van der Waals surface area (Å²) in [6, 6.07) is 22.7. The third-order valence-corrected chi connectivity index (χ3v) is 3.98. The number of aromatic hydroxyl groups is 1.